The van der Waals surface area contributed by atoms with Crippen molar-refractivity contribution in [3.05, 3.63) is 30.6 Å². The quantitative estimate of drug-likeness (QED) is 0.525. The molecule has 3 heterocycles. The molecule has 0 radical (unpaired) electrons. The molecule has 0 spiro atoms. The lowest BCUT2D eigenvalue weighted by molar-refractivity contribution is 0.114. The fraction of sp³-hybridized carbons (Fsp3) is 0.478. The van der Waals surface area contributed by atoms with E-state index in [-0.39, 0.29) is 18.2 Å². The number of likely N-dealkylation sites (tertiary alicyclic amines) is 1. The van der Waals surface area contributed by atoms with Crippen LogP contribution in [0.4, 0.5) is 22.2 Å². The minimum Gasteiger partial charge on any atom is -0.490 e. The number of piperidine rings is 1. The standard InChI is InChI=1S/C23H30N8O2/c1-24-20-19-21(31(14-25-19)23(32)27-15-5-3-6-15)29-22(28-20)26-16-7-4-8-18(13-16)33-17-9-11-30(2)12-10-17/h4,7-8,13-15,17H,3,5-6,9-12H2,1-2H3,(H,27,32)(H2,24,26,28,29). The summed E-state index contributed by atoms with van der Waals surface area (Å²) in [7, 11) is 3.91. The molecule has 1 saturated heterocycles. The Hall–Kier alpha value is -3.40. The maximum Gasteiger partial charge on any atom is 0.328 e. The summed E-state index contributed by atoms with van der Waals surface area (Å²) in [4.78, 5) is 28.6. The first-order chi connectivity index (χ1) is 16.1. The van der Waals surface area contributed by atoms with E-state index in [0.717, 1.165) is 56.6 Å². The largest absolute Gasteiger partial charge is 0.490 e. The number of fused-ring (bicyclic) bond motifs is 1. The van der Waals surface area contributed by atoms with E-state index >= 15 is 0 Å². The lowest BCUT2D eigenvalue weighted by Gasteiger charge is -2.29. The molecule has 33 heavy (non-hydrogen) atoms. The molecular formula is C23H30N8O2. The monoisotopic (exact) mass is 450 g/mol. The van der Waals surface area contributed by atoms with Gasteiger partial charge in [0.2, 0.25) is 5.95 Å². The summed E-state index contributed by atoms with van der Waals surface area (Å²) in [5.41, 5.74) is 1.81. The maximum atomic E-state index is 12.7. The highest BCUT2D eigenvalue weighted by molar-refractivity contribution is 5.92. The third-order valence-electron chi connectivity index (χ3n) is 6.34. The Labute approximate surface area is 192 Å². The van der Waals surface area contributed by atoms with Crippen LogP contribution in [0.1, 0.15) is 32.1 Å². The van der Waals surface area contributed by atoms with Gasteiger partial charge in [-0.2, -0.15) is 9.97 Å². The summed E-state index contributed by atoms with van der Waals surface area (Å²) in [5.74, 6) is 1.74. The van der Waals surface area contributed by atoms with Gasteiger partial charge in [0.15, 0.2) is 17.0 Å². The zero-order valence-corrected chi connectivity index (χ0v) is 19.0. The SMILES string of the molecule is CNc1nc(Nc2cccc(OC3CCN(C)CC3)c2)nc2c1ncn2C(=O)NC1CCC1. The van der Waals surface area contributed by atoms with E-state index in [2.05, 4.69) is 42.8 Å². The van der Waals surface area contributed by atoms with E-state index in [0.29, 0.717) is 22.9 Å². The van der Waals surface area contributed by atoms with E-state index < -0.39 is 0 Å². The van der Waals surface area contributed by atoms with Crippen molar-refractivity contribution in [2.75, 3.05) is 37.8 Å². The lowest BCUT2D eigenvalue weighted by Crippen LogP contribution is -2.41. The smallest absolute Gasteiger partial charge is 0.328 e. The predicted molar refractivity (Wildman–Crippen MR) is 127 cm³/mol. The van der Waals surface area contributed by atoms with Crippen LogP contribution in [0.5, 0.6) is 5.75 Å². The number of aromatic nitrogens is 4. The molecule has 10 nitrogen and oxygen atoms in total. The highest BCUT2D eigenvalue weighted by atomic mass is 16.5. The second-order valence-corrected chi connectivity index (χ2v) is 8.78. The molecule has 1 aliphatic heterocycles. The number of hydrogen-bond donors (Lipinski definition) is 3. The average molecular weight is 451 g/mol. The number of ether oxygens (including phenoxy) is 1. The van der Waals surface area contributed by atoms with Crippen LogP contribution in [0.25, 0.3) is 11.2 Å². The topological polar surface area (TPSA) is 109 Å². The predicted octanol–water partition coefficient (Wildman–Crippen LogP) is 3.19. The van der Waals surface area contributed by atoms with Gasteiger partial charge in [0, 0.05) is 37.9 Å². The molecule has 5 rings (SSSR count). The molecule has 3 aromatic rings. The van der Waals surface area contributed by atoms with Crippen LogP contribution in [0.2, 0.25) is 0 Å². The molecule has 0 bridgehead atoms. The van der Waals surface area contributed by atoms with Crippen LogP contribution in [0, 0.1) is 0 Å². The Morgan fingerprint density at radius 3 is 2.70 bits per heavy atom. The van der Waals surface area contributed by atoms with Crippen LogP contribution < -0.4 is 20.7 Å². The number of benzene rings is 1. The molecule has 1 amide bonds. The molecule has 10 heteroatoms. The van der Waals surface area contributed by atoms with Gasteiger partial charge in [0.05, 0.1) is 0 Å². The zero-order chi connectivity index (χ0) is 22.8. The average Bonchev–Trinajstić information content (AvgIpc) is 3.21. The van der Waals surface area contributed by atoms with Crippen LogP contribution in [-0.4, -0.2) is 69.8 Å². The van der Waals surface area contributed by atoms with Gasteiger partial charge in [-0.15, -0.1) is 0 Å². The molecular weight excluding hydrogens is 420 g/mol. The van der Waals surface area contributed by atoms with E-state index in [4.69, 9.17) is 4.74 Å². The Bertz CT molecular complexity index is 1130. The number of carbonyl (C=O) groups is 1. The highest BCUT2D eigenvalue weighted by Gasteiger charge is 2.23. The number of amides is 1. The van der Waals surface area contributed by atoms with Crippen LogP contribution >= 0.6 is 0 Å². The Kier molecular flexibility index (Phi) is 5.99. The molecule has 0 unspecified atom stereocenters. The zero-order valence-electron chi connectivity index (χ0n) is 19.0. The summed E-state index contributed by atoms with van der Waals surface area (Å²) in [6.07, 6.45) is 6.93. The van der Waals surface area contributed by atoms with Gasteiger partial charge in [-0.3, -0.25) is 0 Å². The third-order valence-corrected chi connectivity index (χ3v) is 6.34. The van der Waals surface area contributed by atoms with Gasteiger partial charge in [-0.25, -0.2) is 14.3 Å². The van der Waals surface area contributed by atoms with E-state index in [1.807, 2.05) is 24.3 Å². The van der Waals surface area contributed by atoms with Crippen molar-refractivity contribution in [1.82, 2.24) is 29.7 Å². The van der Waals surface area contributed by atoms with Gasteiger partial charge in [-0.1, -0.05) is 6.07 Å². The third kappa shape index (κ3) is 4.70. The minimum atomic E-state index is -0.220. The summed E-state index contributed by atoms with van der Waals surface area (Å²) < 4.78 is 7.65. The van der Waals surface area contributed by atoms with Crippen molar-refractivity contribution in [1.29, 1.82) is 0 Å². The normalized spacial score (nSPS) is 17.5. The van der Waals surface area contributed by atoms with E-state index in [1.54, 1.807) is 7.05 Å². The first-order valence-electron chi connectivity index (χ1n) is 11.5. The van der Waals surface area contributed by atoms with Gasteiger partial charge in [0.1, 0.15) is 18.2 Å². The van der Waals surface area contributed by atoms with Crippen molar-refractivity contribution in [2.45, 2.75) is 44.2 Å². The molecule has 174 valence electrons. The molecule has 3 N–H and O–H groups in total. The van der Waals surface area contributed by atoms with Crippen molar-refractivity contribution >= 4 is 34.6 Å². The molecule has 0 atom stereocenters. The Balaban J connectivity index is 1.36. The first-order valence-corrected chi connectivity index (χ1v) is 11.5. The number of imidazole rings is 1. The van der Waals surface area contributed by atoms with E-state index in [1.165, 1.54) is 10.9 Å². The molecule has 1 aromatic carbocycles. The summed E-state index contributed by atoms with van der Waals surface area (Å²) >= 11 is 0. The van der Waals surface area contributed by atoms with Crippen LogP contribution in [-0.2, 0) is 0 Å². The van der Waals surface area contributed by atoms with Crippen molar-refractivity contribution < 1.29 is 9.53 Å². The fourth-order valence-corrected chi connectivity index (χ4v) is 4.15. The van der Waals surface area contributed by atoms with Crippen LogP contribution in [0.15, 0.2) is 30.6 Å². The number of hydrogen-bond acceptors (Lipinski definition) is 8. The van der Waals surface area contributed by atoms with Crippen molar-refractivity contribution in [3.63, 3.8) is 0 Å². The number of carbonyl (C=O) groups excluding carboxylic acids is 1. The Morgan fingerprint density at radius 2 is 1.97 bits per heavy atom. The molecule has 2 aliphatic rings. The van der Waals surface area contributed by atoms with Gasteiger partial charge in [-0.05, 0) is 51.3 Å². The van der Waals surface area contributed by atoms with E-state index in [9.17, 15) is 4.79 Å². The van der Waals surface area contributed by atoms with Crippen LogP contribution in [0.3, 0.4) is 0 Å². The van der Waals surface area contributed by atoms with Crippen molar-refractivity contribution in [2.24, 2.45) is 0 Å². The van der Waals surface area contributed by atoms with Gasteiger partial charge in [0.25, 0.3) is 0 Å². The number of rotatable bonds is 6. The Morgan fingerprint density at radius 1 is 1.15 bits per heavy atom. The minimum absolute atomic E-state index is 0.220. The van der Waals surface area contributed by atoms with Crippen molar-refractivity contribution in [3.8, 4) is 5.75 Å². The van der Waals surface area contributed by atoms with Gasteiger partial charge < -0.3 is 25.6 Å². The molecule has 2 aromatic heterocycles. The second-order valence-electron chi connectivity index (χ2n) is 8.78. The highest BCUT2D eigenvalue weighted by Crippen LogP contribution is 2.26. The second kappa shape index (κ2) is 9.22. The fourth-order valence-electron chi connectivity index (χ4n) is 4.15. The molecule has 2 fully saturated rings. The summed E-state index contributed by atoms with van der Waals surface area (Å²) in [6.45, 7) is 2.09. The number of anilines is 3. The number of nitrogens with zero attached hydrogens (tertiary/aromatic N) is 5. The summed E-state index contributed by atoms with van der Waals surface area (Å²) in [5, 5.41) is 9.33. The number of nitrogens with one attached hydrogen (secondary N) is 3. The summed E-state index contributed by atoms with van der Waals surface area (Å²) in [6, 6.07) is 7.81. The van der Waals surface area contributed by atoms with Gasteiger partial charge >= 0.3 is 6.03 Å². The first kappa shape index (κ1) is 21.4. The molecule has 1 aliphatic carbocycles. The maximum absolute atomic E-state index is 12.7. The molecule has 1 saturated carbocycles. The lowest BCUT2D eigenvalue weighted by atomic mass is 9.93.